The molecule has 1 amide bonds. The number of carbonyl (C=O) groups excluding carboxylic acids is 1. The maximum Gasteiger partial charge on any atom is 0.275 e. The molecule has 0 bridgehead atoms. The van der Waals surface area contributed by atoms with E-state index in [1.807, 2.05) is 19.1 Å². The molecule has 6 nitrogen and oxygen atoms in total. The van der Waals surface area contributed by atoms with Gasteiger partial charge in [0.05, 0.1) is 0 Å². The minimum absolute atomic E-state index is 0.311. The Bertz CT molecular complexity index is 874. The van der Waals surface area contributed by atoms with Gasteiger partial charge in [0.1, 0.15) is 10.8 Å². The Hall–Kier alpha value is -2.73. The van der Waals surface area contributed by atoms with Crippen molar-refractivity contribution in [2.24, 2.45) is 7.05 Å². The molecule has 0 radical (unpaired) electrons. The van der Waals surface area contributed by atoms with E-state index in [4.69, 9.17) is 11.6 Å². The van der Waals surface area contributed by atoms with Crippen molar-refractivity contribution < 1.29 is 4.79 Å². The fourth-order valence-electron chi connectivity index (χ4n) is 2.20. The van der Waals surface area contributed by atoms with Gasteiger partial charge in [0, 0.05) is 31.2 Å². The van der Waals surface area contributed by atoms with Crippen molar-refractivity contribution in [2.45, 2.75) is 6.92 Å². The van der Waals surface area contributed by atoms with Crippen molar-refractivity contribution in [1.82, 2.24) is 19.7 Å². The van der Waals surface area contributed by atoms with E-state index in [2.05, 4.69) is 20.4 Å². The molecular formula is C16H14ClN5O. The molecule has 0 saturated carbocycles. The molecule has 1 N–H and O–H groups in total. The molecule has 3 aromatic heterocycles. The number of aryl methyl sites for hydroxylation is 2. The Kier molecular flexibility index (Phi) is 4.08. The molecule has 0 spiro atoms. The minimum atomic E-state index is -0.311. The lowest BCUT2D eigenvalue weighted by Crippen LogP contribution is -2.15. The first-order valence-electron chi connectivity index (χ1n) is 6.93. The molecule has 0 fully saturated rings. The number of pyridine rings is 2. The predicted octanol–water partition coefficient (Wildman–Crippen LogP) is 3.09. The van der Waals surface area contributed by atoms with Gasteiger partial charge in [-0.3, -0.25) is 9.48 Å². The predicted molar refractivity (Wildman–Crippen MR) is 88.4 cm³/mol. The molecular weight excluding hydrogens is 314 g/mol. The smallest absolute Gasteiger partial charge is 0.275 e. The van der Waals surface area contributed by atoms with Crippen LogP contribution in [0.4, 0.5) is 5.82 Å². The summed E-state index contributed by atoms with van der Waals surface area (Å²) in [5.41, 5.74) is 2.79. The molecule has 0 saturated heterocycles. The third kappa shape index (κ3) is 3.54. The molecule has 0 aromatic carbocycles. The van der Waals surface area contributed by atoms with Gasteiger partial charge in [0.15, 0.2) is 5.82 Å². The van der Waals surface area contributed by atoms with E-state index in [1.54, 1.807) is 42.3 Å². The van der Waals surface area contributed by atoms with Crippen molar-refractivity contribution in [3.8, 4) is 11.1 Å². The van der Waals surface area contributed by atoms with Crippen LogP contribution in [0.2, 0.25) is 5.15 Å². The van der Waals surface area contributed by atoms with Crippen molar-refractivity contribution >= 4 is 23.3 Å². The van der Waals surface area contributed by atoms with Crippen LogP contribution >= 0.6 is 11.6 Å². The molecule has 3 heterocycles. The molecule has 3 aromatic rings. The summed E-state index contributed by atoms with van der Waals surface area (Å²) >= 11 is 5.93. The van der Waals surface area contributed by atoms with Gasteiger partial charge >= 0.3 is 0 Å². The van der Waals surface area contributed by atoms with Crippen LogP contribution in [0.1, 0.15) is 16.2 Å². The lowest BCUT2D eigenvalue weighted by atomic mass is 10.1. The van der Waals surface area contributed by atoms with Crippen LogP contribution < -0.4 is 5.32 Å². The Morgan fingerprint density at radius 3 is 2.74 bits per heavy atom. The first-order valence-corrected chi connectivity index (χ1v) is 7.31. The van der Waals surface area contributed by atoms with Gasteiger partial charge in [0.2, 0.25) is 0 Å². The third-order valence-electron chi connectivity index (χ3n) is 3.20. The summed E-state index contributed by atoms with van der Waals surface area (Å²) in [6.07, 6.45) is 3.38. The van der Waals surface area contributed by atoms with Crippen LogP contribution in [0.5, 0.6) is 0 Å². The standard InChI is InChI=1S/C16H14ClN5O/c1-10-7-12(11-3-5-18-14(17)9-11)8-13(19-10)16(23)20-15-4-6-22(2)21-15/h3-9H,1-2H3,(H,20,21,23). The maximum atomic E-state index is 12.4. The Morgan fingerprint density at radius 2 is 2.04 bits per heavy atom. The SMILES string of the molecule is Cc1cc(-c2ccnc(Cl)c2)cc(C(=O)Nc2ccn(C)n2)n1. The molecule has 0 aliphatic carbocycles. The molecule has 3 rings (SSSR count). The van der Waals surface area contributed by atoms with Crippen molar-refractivity contribution in [3.05, 3.63) is 59.3 Å². The molecule has 0 aliphatic rings. The van der Waals surface area contributed by atoms with Gasteiger partial charge in [-0.15, -0.1) is 0 Å². The van der Waals surface area contributed by atoms with Gasteiger partial charge in [-0.2, -0.15) is 5.10 Å². The summed E-state index contributed by atoms with van der Waals surface area (Å²) in [6.45, 7) is 1.84. The number of amides is 1. The normalized spacial score (nSPS) is 10.6. The van der Waals surface area contributed by atoms with E-state index in [0.717, 1.165) is 16.8 Å². The van der Waals surface area contributed by atoms with Crippen LogP contribution in [0, 0.1) is 6.92 Å². The number of hydrogen-bond acceptors (Lipinski definition) is 4. The highest BCUT2D eigenvalue weighted by Gasteiger charge is 2.12. The maximum absolute atomic E-state index is 12.4. The summed E-state index contributed by atoms with van der Waals surface area (Å²) < 4.78 is 1.61. The first-order chi connectivity index (χ1) is 11.0. The zero-order valence-corrected chi connectivity index (χ0v) is 13.4. The second kappa shape index (κ2) is 6.18. The van der Waals surface area contributed by atoms with Crippen molar-refractivity contribution in [2.75, 3.05) is 5.32 Å². The highest BCUT2D eigenvalue weighted by molar-refractivity contribution is 6.29. The lowest BCUT2D eigenvalue weighted by Gasteiger charge is -2.07. The van der Waals surface area contributed by atoms with E-state index in [0.29, 0.717) is 16.7 Å². The van der Waals surface area contributed by atoms with Gasteiger partial charge in [-0.25, -0.2) is 9.97 Å². The number of nitrogens with zero attached hydrogens (tertiary/aromatic N) is 4. The number of nitrogens with one attached hydrogen (secondary N) is 1. The van der Waals surface area contributed by atoms with Gasteiger partial charge in [0.25, 0.3) is 5.91 Å². The highest BCUT2D eigenvalue weighted by Crippen LogP contribution is 2.23. The third-order valence-corrected chi connectivity index (χ3v) is 3.41. The number of anilines is 1. The molecule has 23 heavy (non-hydrogen) atoms. The Morgan fingerprint density at radius 1 is 1.22 bits per heavy atom. The Labute approximate surface area is 138 Å². The summed E-state index contributed by atoms with van der Waals surface area (Å²) in [6, 6.07) is 8.91. The van der Waals surface area contributed by atoms with E-state index >= 15 is 0 Å². The summed E-state index contributed by atoms with van der Waals surface area (Å²) in [4.78, 5) is 20.6. The van der Waals surface area contributed by atoms with Gasteiger partial charge in [-0.1, -0.05) is 11.6 Å². The summed E-state index contributed by atoms with van der Waals surface area (Å²) in [5.74, 6) is 0.170. The quantitative estimate of drug-likeness (QED) is 0.750. The van der Waals surface area contributed by atoms with Crippen LogP contribution in [0.25, 0.3) is 11.1 Å². The molecule has 0 atom stereocenters. The van der Waals surface area contributed by atoms with Crippen LogP contribution in [0.15, 0.2) is 42.7 Å². The van der Waals surface area contributed by atoms with E-state index in [-0.39, 0.29) is 5.91 Å². The number of hydrogen-bond donors (Lipinski definition) is 1. The van der Waals surface area contributed by atoms with E-state index < -0.39 is 0 Å². The van der Waals surface area contributed by atoms with E-state index in [9.17, 15) is 4.79 Å². The lowest BCUT2D eigenvalue weighted by molar-refractivity contribution is 0.102. The summed E-state index contributed by atoms with van der Waals surface area (Å²) in [7, 11) is 1.78. The fourth-order valence-corrected chi connectivity index (χ4v) is 2.37. The molecule has 0 aliphatic heterocycles. The van der Waals surface area contributed by atoms with Crippen LogP contribution in [-0.4, -0.2) is 25.7 Å². The van der Waals surface area contributed by atoms with Crippen molar-refractivity contribution in [3.63, 3.8) is 0 Å². The average Bonchev–Trinajstić information content (AvgIpc) is 2.91. The van der Waals surface area contributed by atoms with E-state index in [1.165, 1.54) is 0 Å². The Balaban J connectivity index is 1.92. The second-order valence-corrected chi connectivity index (χ2v) is 5.47. The minimum Gasteiger partial charge on any atom is -0.304 e. The largest absolute Gasteiger partial charge is 0.304 e. The highest BCUT2D eigenvalue weighted by atomic mass is 35.5. The van der Waals surface area contributed by atoms with Crippen LogP contribution in [-0.2, 0) is 7.05 Å². The van der Waals surface area contributed by atoms with Gasteiger partial charge < -0.3 is 5.32 Å². The fraction of sp³-hybridized carbons (Fsp3) is 0.125. The monoisotopic (exact) mass is 327 g/mol. The summed E-state index contributed by atoms with van der Waals surface area (Å²) in [5, 5.41) is 7.25. The second-order valence-electron chi connectivity index (χ2n) is 5.08. The number of carbonyl (C=O) groups is 1. The first kappa shape index (κ1) is 15.2. The number of rotatable bonds is 3. The number of aromatic nitrogens is 4. The zero-order valence-electron chi connectivity index (χ0n) is 12.6. The molecule has 0 unspecified atom stereocenters. The average molecular weight is 328 g/mol. The van der Waals surface area contributed by atoms with Crippen molar-refractivity contribution in [1.29, 1.82) is 0 Å². The zero-order chi connectivity index (χ0) is 16.4. The number of halogens is 1. The van der Waals surface area contributed by atoms with Crippen LogP contribution in [0.3, 0.4) is 0 Å². The van der Waals surface area contributed by atoms with Gasteiger partial charge in [-0.05, 0) is 42.3 Å². The molecule has 7 heteroatoms. The molecule has 116 valence electrons. The topological polar surface area (TPSA) is 72.7 Å².